The number of nitrogen functional groups attached to an aromatic ring is 1. The van der Waals surface area contributed by atoms with Gasteiger partial charge < -0.3 is 31.8 Å². The highest BCUT2D eigenvalue weighted by molar-refractivity contribution is 8.03. The van der Waals surface area contributed by atoms with Crippen LogP contribution in [0.25, 0.3) is 0 Å². The smallest absolute Gasteiger partial charge is 0.350 e. The van der Waals surface area contributed by atoms with Crippen LogP contribution in [0.3, 0.4) is 0 Å². The van der Waals surface area contributed by atoms with Crippen LogP contribution < -0.4 is 22.9 Å². The predicted octanol–water partition coefficient (Wildman–Crippen LogP) is -0.304. The number of rotatable bonds is 8. The lowest BCUT2D eigenvalue weighted by molar-refractivity contribution is -0.145. The Hall–Kier alpha value is -2.41. The summed E-state index contributed by atoms with van der Waals surface area (Å²) < 4.78 is 11.8. The van der Waals surface area contributed by atoms with Crippen molar-refractivity contribution in [2.45, 2.75) is 51.3 Å². The number of aliphatic hydroxyl groups is 1. The second-order valence-electron chi connectivity index (χ2n) is 7.85. The van der Waals surface area contributed by atoms with Crippen LogP contribution in [-0.4, -0.2) is 51.4 Å². The van der Waals surface area contributed by atoms with Crippen molar-refractivity contribution in [3.8, 4) is 0 Å². The van der Waals surface area contributed by atoms with Crippen LogP contribution in [0.15, 0.2) is 27.7 Å². The number of thioether (sulfide) groups is 1. The van der Waals surface area contributed by atoms with Crippen molar-refractivity contribution in [3.05, 3.63) is 33.4 Å². The summed E-state index contributed by atoms with van der Waals surface area (Å²) in [5.41, 5.74) is 16.5. The summed E-state index contributed by atoms with van der Waals surface area (Å²) in [7, 11) is 0. The van der Waals surface area contributed by atoms with E-state index in [0.717, 1.165) is 16.3 Å². The molecule has 12 heteroatoms. The first-order valence-electron chi connectivity index (χ1n) is 9.75. The molecule has 2 heterocycles. The molecule has 0 fully saturated rings. The number of carbonyl (C=O) groups is 2. The monoisotopic (exact) mass is 455 g/mol. The Bertz CT molecular complexity index is 915. The van der Waals surface area contributed by atoms with E-state index in [1.54, 1.807) is 27.7 Å². The molecule has 1 aliphatic rings. The van der Waals surface area contributed by atoms with Crippen molar-refractivity contribution >= 4 is 29.5 Å². The molecule has 2 rings (SSSR count). The fourth-order valence-electron chi connectivity index (χ4n) is 2.57. The van der Waals surface area contributed by atoms with Crippen molar-refractivity contribution in [3.63, 3.8) is 0 Å². The number of esters is 2. The second-order valence-corrected chi connectivity index (χ2v) is 9.06. The van der Waals surface area contributed by atoms with E-state index < -0.39 is 41.2 Å². The zero-order valence-corrected chi connectivity index (χ0v) is 18.7. The Morgan fingerprint density at radius 2 is 1.77 bits per heavy atom. The molecule has 172 valence electrons. The Morgan fingerprint density at radius 3 is 2.32 bits per heavy atom. The minimum Gasteiger partial charge on any atom is -0.459 e. The zero-order chi connectivity index (χ0) is 23.5. The van der Waals surface area contributed by atoms with E-state index in [-0.39, 0.29) is 34.9 Å². The molecule has 0 saturated heterocycles. The van der Waals surface area contributed by atoms with Gasteiger partial charge in [0, 0.05) is 6.20 Å². The molecule has 0 aliphatic carbocycles. The van der Waals surface area contributed by atoms with Crippen LogP contribution in [-0.2, 0) is 19.1 Å². The maximum atomic E-state index is 12.4. The standard InChI is InChI=1S/C19H29N5O6S/c1-8(2)12(21)17(26)29-7-10-15(30-18(27)13(22)9(3)4)14(25)16(31-10)24-6-5-11(20)23-19(24)28/h5-6,8-9,12-14,16,25H,7,21-22H2,1-4H3,(H2,20,23,28)/t12-,13-,14?,16+/m0/s1. The summed E-state index contributed by atoms with van der Waals surface area (Å²) in [4.78, 5) is 40.7. The first-order chi connectivity index (χ1) is 14.4. The minimum absolute atomic E-state index is 0.0260. The van der Waals surface area contributed by atoms with Gasteiger partial charge in [0.1, 0.15) is 36.0 Å². The summed E-state index contributed by atoms with van der Waals surface area (Å²) in [6.45, 7) is 6.75. The van der Waals surface area contributed by atoms with Crippen LogP contribution in [0, 0.1) is 11.8 Å². The highest BCUT2D eigenvalue weighted by atomic mass is 32.2. The van der Waals surface area contributed by atoms with E-state index in [1.165, 1.54) is 12.3 Å². The highest BCUT2D eigenvalue weighted by Crippen LogP contribution is 2.45. The van der Waals surface area contributed by atoms with Crippen LogP contribution in [0.5, 0.6) is 0 Å². The Morgan fingerprint density at radius 1 is 1.19 bits per heavy atom. The number of hydrogen-bond acceptors (Lipinski definition) is 11. The van der Waals surface area contributed by atoms with Crippen molar-refractivity contribution in [1.82, 2.24) is 9.55 Å². The van der Waals surface area contributed by atoms with E-state index >= 15 is 0 Å². The minimum atomic E-state index is -1.40. The highest BCUT2D eigenvalue weighted by Gasteiger charge is 2.40. The van der Waals surface area contributed by atoms with Crippen molar-refractivity contribution in [1.29, 1.82) is 0 Å². The van der Waals surface area contributed by atoms with Gasteiger partial charge in [0.25, 0.3) is 0 Å². The number of ether oxygens (including phenoxy) is 2. The lowest BCUT2D eigenvalue weighted by atomic mass is 10.1. The third kappa shape index (κ3) is 5.85. The average molecular weight is 456 g/mol. The topological polar surface area (TPSA) is 186 Å². The maximum Gasteiger partial charge on any atom is 0.350 e. The summed E-state index contributed by atoms with van der Waals surface area (Å²) >= 11 is 1.000. The molecular formula is C19H29N5O6S. The lowest BCUT2D eigenvalue weighted by Crippen LogP contribution is -2.38. The van der Waals surface area contributed by atoms with Gasteiger partial charge in [0.15, 0.2) is 5.76 Å². The van der Waals surface area contributed by atoms with Crippen LogP contribution in [0.2, 0.25) is 0 Å². The number of aromatic nitrogens is 2. The number of aliphatic hydroxyl groups excluding tert-OH is 1. The molecule has 0 amide bonds. The summed E-state index contributed by atoms with van der Waals surface area (Å²) in [6.07, 6.45) is -0.0296. The van der Waals surface area contributed by atoms with Gasteiger partial charge in [-0.25, -0.2) is 9.59 Å². The number of nitrogens with two attached hydrogens (primary N) is 3. The van der Waals surface area contributed by atoms with Gasteiger partial charge in [-0.3, -0.25) is 9.36 Å². The van der Waals surface area contributed by atoms with Gasteiger partial charge in [0.2, 0.25) is 0 Å². The first kappa shape index (κ1) is 24.9. The van der Waals surface area contributed by atoms with Crippen LogP contribution in [0.1, 0.15) is 33.1 Å². The number of anilines is 1. The van der Waals surface area contributed by atoms with Gasteiger partial charge >= 0.3 is 17.6 Å². The Kier molecular flexibility index (Phi) is 8.23. The Balaban J connectivity index is 2.30. The van der Waals surface area contributed by atoms with E-state index in [1.807, 2.05) is 0 Å². The van der Waals surface area contributed by atoms with E-state index in [2.05, 4.69) is 4.98 Å². The molecule has 1 aliphatic heterocycles. The number of nitrogens with zero attached hydrogens (tertiary/aromatic N) is 2. The molecular weight excluding hydrogens is 426 g/mol. The quantitative estimate of drug-likeness (QED) is 0.377. The van der Waals surface area contributed by atoms with E-state index in [9.17, 15) is 19.5 Å². The van der Waals surface area contributed by atoms with Gasteiger partial charge in [0.05, 0.1) is 4.91 Å². The molecule has 0 saturated carbocycles. The second kappa shape index (κ2) is 10.3. The number of hydrogen-bond donors (Lipinski definition) is 4. The third-order valence-electron chi connectivity index (χ3n) is 4.74. The molecule has 0 bridgehead atoms. The molecule has 0 radical (unpaired) electrons. The molecule has 0 spiro atoms. The Labute approximate surface area is 184 Å². The largest absolute Gasteiger partial charge is 0.459 e. The molecule has 4 atom stereocenters. The van der Waals surface area contributed by atoms with Gasteiger partial charge in [-0.15, -0.1) is 0 Å². The first-order valence-corrected chi connectivity index (χ1v) is 10.6. The fourth-order valence-corrected chi connectivity index (χ4v) is 3.79. The SMILES string of the molecule is CC(C)[C@H](N)C(=O)OCC1=C(OC(=O)[C@@H](N)C(C)C)C(O)[C@H](n2ccc(N)nc2=O)S1. The van der Waals surface area contributed by atoms with E-state index in [0.29, 0.717) is 0 Å². The van der Waals surface area contributed by atoms with Gasteiger partial charge in [-0.1, -0.05) is 39.5 Å². The van der Waals surface area contributed by atoms with E-state index in [4.69, 9.17) is 26.7 Å². The summed E-state index contributed by atoms with van der Waals surface area (Å²) in [6, 6.07) is -0.367. The predicted molar refractivity (Wildman–Crippen MR) is 115 cm³/mol. The molecule has 11 nitrogen and oxygen atoms in total. The molecule has 1 aromatic heterocycles. The zero-order valence-electron chi connectivity index (χ0n) is 17.8. The van der Waals surface area contributed by atoms with Crippen LogP contribution >= 0.6 is 11.8 Å². The summed E-state index contributed by atoms with van der Waals surface area (Å²) in [5, 5.41) is 9.91. The van der Waals surface area contributed by atoms with Gasteiger partial charge in [-0.05, 0) is 17.9 Å². The third-order valence-corrected chi connectivity index (χ3v) is 6.07. The maximum absolute atomic E-state index is 12.4. The van der Waals surface area contributed by atoms with Crippen molar-refractivity contribution < 1.29 is 24.2 Å². The summed E-state index contributed by atoms with van der Waals surface area (Å²) in [5.74, 6) is -1.85. The lowest BCUT2D eigenvalue weighted by Gasteiger charge is -2.20. The normalized spacial score (nSPS) is 20.8. The molecule has 7 N–H and O–H groups in total. The van der Waals surface area contributed by atoms with Crippen molar-refractivity contribution in [2.75, 3.05) is 12.3 Å². The fraction of sp³-hybridized carbons (Fsp3) is 0.579. The number of carbonyl (C=O) groups excluding carboxylic acids is 2. The van der Waals surface area contributed by atoms with Crippen LogP contribution in [0.4, 0.5) is 5.82 Å². The molecule has 1 aromatic rings. The van der Waals surface area contributed by atoms with Crippen molar-refractivity contribution in [2.24, 2.45) is 23.3 Å². The molecule has 0 aromatic carbocycles. The molecule has 31 heavy (non-hydrogen) atoms. The molecule has 1 unspecified atom stereocenters. The van der Waals surface area contributed by atoms with Gasteiger partial charge in [-0.2, -0.15) is 4.98 Å². The average Bonchev–Trinajstić information content (AvgIpc) is 3.00.